The fraction of sp³-hybridized carbons (Fsp3) is 0.364. The molecule has 4 heteroatoms. The van der Waals surface area contributed by atoms with Crippen molar-refractivity contribution in [3.8, 4) is 5.75 Å². The first-order valence-electron chi connectivity index (χ1n) is 4.72. The molecule has 0 saturated carbocycles. The maximum Gasteiger partial charge on any atom is 0.319 e. The van der Waals surface area contributed by atoms with Gasteiger partial charge < -0.3 is 15.2 Å². The number of aromatic hydroxyl groups is 1. The Morgan fingerprint density at radius 3 is 2.60 bits per heavy atom. The molecule has 4 nitrogen and oxygen atoms in total. The van der Waals surface area contributed by atoms with E-state index in [1.165, 1.54) is 7.11 Å². The SMILES string of the molecule is COC(=O)CNC(C)c1ccc(O)cc1. The van der Waals surface area contributed by atoms with E-state index in [1.54, 1.807) is 12.1 Å². The maximum absolute atomic E-state index is 10.9. The van der Waals surface area contributed by atoms with E-state index in [9.17, 15) is 4.79 Å². The Balaban J connectivity index is 2.50. The molecule has 2 N–H and O–H groups in total. The molecule has 1 atom stereocenters. The predicted octanol–water partition coefficient (Wildman–Crippen LogP) is 1.22. The largest absolute Gasteiger partial charge is 0.508 e. The van der Waals surface area contributed by atoms with Crippen LogP contribution < -0.4 is 5.32 Å². The fourth-order valence-electron chi connectivity index (χ4n) is 1.19. The van der Waals surface area contributed by atoms with Gasteiger partial charge in [0.2, 0.25) is 0 Å². The molecule has 0 spiro atoms. The molecule has 0 aliphatic rings. The Labute approximate surface area is 88.9 Å². The van der Waals surface area contributed by atoms with Gasteiger partial charge in [0.15, 0.2) is 0 Å². The van der Waals surface area contributed by atoms with Gasteiger partial charge in [0.05, 0.1) is 13.7 Å². The molecule has 15 heavy (non-hydrogen) atoms. The van der Waals surface area contributed by atoms with Gasteiger partial charge in [0, 0.05) is 6.04 Å². The van der Waals surface area contributed by atoms with E-state index in [1.807, 2.05) is 19.1 Å². The summed E-state index contributed by atoms with van der Waals surface area (Å²) in [5.41, 5.74) is 1.01. The lowest BCUT2D eigenvalue weighted by Crippen LogP contribution is -2.26. The van der Waals surface area contributed by atoms with Gasteiger partial charge in [-0.25, -0.2) is 0 Å². The van der Waals surface area contributed by atoms with Gasteiger partial charge in [-0.1, -0.05) is 12.1 Å². The van der Waals surface area contributed by atoms with Crippen molar-refractivity contribution in [2.24, 2.45) is 0 Å². The van der Waals surface area contributed by atoms with Gasteiger partial charge in [-0.05, 0) is 24.6 Å². The zero-order valence-electron chi connectivity index (χ0n) is 8.86. The van der Waals surface area contributed by atoms with E-state index in [0.29, 0.717) is 0 Å². The van der Waals surface area contributed by atoms with Crippen LogP contribution in [0.5, 0.6) is 5.75 Å². The monoisotopic (exact) mass is 209 g/mol. The van der Waals surface area contributed by atoms with E-state index in [4.69, 9.17) is 5.11 Å². The van der Waals surface area contributed by atoms with Gasteiger partial charge >= 0.3 is 5.97 Å². The third kappa shape index (κ3) is 3.59. The van der Waals surface area contributed by atoms with Crippen LogP contribution in [0.4, 0.5) is 0 Å². The number of hydrogen-bond acceptors (Lipinski definition) is 4. The first-order chi connectivity index (χ1) is 7.13. The number of carbonyl (C=O) groups excluding carboxylic acids is 1. The van der Waals surface area contributed by atoms with Crippen molar-refractivity contribution in [2.75, 3.05) is 13.7 Å². The van der Waals surface area contributed by atoms with Gasteiger partial charge in [0.25, 0.3) is 0 Å². The predicted molar refractivity (Wildman–Crippen MR) is 56.5 cm³/mol. The molecule has 0 radical (unpaired) electrons. The van der Waals surface area contributed by atoms with Crippen LogP contribution in [-0.2, 0) is 9.53 Å². The van der Waals surface area contributed by atoms with Crippen molar-refractivity contribution in [3.63, 3.8) is 0 Å². The summed E-state index contributed by atoms with van der Waals surface area (Å²) in [4.78, 5) is 10.9. The number of hydrogen-bond donors (Lipinski definition) is 2. The van der Waals surface area contributed by atoms with Crippen LogP contribution in [0.25, 0.3) is 0 Å². The molecule has 1 rings (SSSR count). The highest BCUT2D eigenvalue weighted by atomic mass is 16.5. The van der Waals surface area contributed by atoms with Crippen molar-refractivity contribution >= 4 is 5.97 Å². The minimum atomic E-state index is -0.291. The lowest BCUT2D eigenvalue weighted by molar-refractivity contribution is -0.139. The van der Waals surface area contributed by atoms with Crippen LogP contribution in [0.15, 0.2) is 24.3 Å². The topological polar surface area (TPSA) is 58.6 Å². The molecule has 0 aromatic heterocycles. The number of ether oxygens (including phenoxy) is 1. The van der Waals surface area contributed by atoms with Crippen LogP contribution in [0, 0.1) is 0 Å². The molecule has 1 unspecified atom stereocenters. The van der Waals surface area contributed by atoms with Crippen molar-refractivity contribution < 1.29 is 14.6 Å². The molecule has 0 heterocycles. The van der Waals surface area contributed by atoms with Gasteiger partial charge in [-0.15, -0.1) is 0 Å². The first kappa shape index (κ1) is 11.5. The summed E-state index contributed by atoms with van der Waals surface area (Å²) in [6.45, 7) is 2.12. The molecule has 82 valence electrons. The second-order valence-electron chi connectivity index (χ2n) is 3.27. The Hall–Kier alpha value is -1.55. The normalized spacial score (nSPS) is 12.1. The molecule has 0 aliphatic heterocycles. The number of methoxy groups -OCH3 is 1. The molecule has 0 saturated heterocycles. The Bertz CT molecular complexity index is 321. The summed E-state index contributed by atoms with van der Waals surface area (Å²) in [6.07, 6.45) is 0. The number of nitrogens with one attached hydrogen (secondary N) is 1. The average Bonchev–Trinajstić information content (AvgIpc) is 2.26. The highest BCUT2D eigenvalue weighted by molar-refractivity contribution is 5.71. The third-order valence-electron chi connectivity index (χ3n) is 2.17. The number of esters is 1. The third-order valence-corrected chi connectivity index (χ3v) is 2.17. The summed E-state index contributed by atoms with van der Waals surface area (Å²) < 4.78 is 4.51. The molecule has 0 bridgehead atoms. The number of phenols is 1. The van der Waals surface area contributed by atoms with Gasteiger partial charge in [0.1, 0.15) is 5.75 Å². The van der Waals surface area contributed by atoms with Crippen LogP contribution in [0.3, 0.4) is 0 Å². The van der Waals surface area contributed by atoms with E-state index in [-0.39, 0.29) is 24.3 Å². The van der Waals surface area contributed by atoms with E-state index in [2.05, 4.69) is 10.1 Å². The second kappa shape index (κ2) is 5.36. The first-order valence-corrected chi connectivity index (χ1v) is 4.72. The number of phenolic OH excluding ortho intramolecular Hbond substituents is 1. The van der Waals surface area contributed by atoms with Crippen molar-refractivity contribution in [2.45, 2.75) is 13.0 Å². The zero-order valence-corrected chi connectivity index (χ0v) is 8.86. The lowest BCUT2D eigenvalue weighted by atomic mass is 10.1. The second-order valence-corrected chi connectivity index (χ2v) is 3.27. The van der Waals surface area contributed by atoms with Crippen molar-refractivity contribution in [3.05, 3.63) is 29.8 Å². The quantitative estimate of drug-likeness (QED) is 0.732. The molecule has 0 amide bonds. The van der Waals surface area contributed by atoms with Crippen molar-refractivity contribution in [1.82, 2.24) is 5.32 Å². The van der Waals surface area contributed by atoms with Crippen LogP contribution in [0.2, 0.25) is 0 Å². The minimum absolute atomic E-state index is 0.0460. The molecule has 1 aromatic carbocycles. The Kier molecular flexibility index (Phi) is 4.12. The summed E-state index contributed by atoms with van der Waals surface area (Å²) >= 11 is 0. The summed E-state index contributed by atoms with van der Waals surface area (Å²) in [6, 6.07) is 6.90. The smallest absolute Gasteiger partial charge is 0.319 e. The van der Waals surface area contributed by atoms with Crippen LogP contribution >= 0.6 is 0 Å². The summed E-state index contributed by atoms with van der Waals surface area (Å²) in [7, 11) is 1.36. The molecule has 0 aliphatic carbocycles. The number of rotatable bonds is 4. The molecule has 0 fully saturated rings. The molecular weight excluding hydrogens is 194 g/mol. The van der Waals surface area contributed by atoms with Gasteiger partial charge in [-0.3, -0.25) is 4.79 Å². The number of benzene rings is 1. The van der Waals surface area contributed by atoms with Crippen molar-refractivity contribution in [1.29, 1.82) is 0 Å². The van der Waals surface area contributed by atoms with Crippen LogP contribution in [0.1, 0.15) is 18.5 Å². The zero-order chi connectivity index (χ0) is 11.3. The molecular formula is C11H15NO3. The van der Waals surface area contributed by atoms with E-state index < -0.39 is 0 Å². The average molecular weight is 209 g/mol. The highest BCUT2D eigenvalue weighted by Crippen LogP contribution is 2.15. The van der Waals surface area contributed by atoms with E-state index >= 15 is 0 Å². The Morgan fingerprint density at radius 2 is 2.07 bits per heavy atom. The van der Waals surface area contributed by atoms with Crippen LogP contribution in [-0.4, -0.2) is 24.7 Å². The number of carbonyl (C=O) groups is 1. The summed E-state index contributed by atoms with van der Waals surface area (Å²) in [5.74, 6) is -0.0560. The maximum atomic E-state index is 10.9. The fourth-order valence-corrected chi connectivity index (χ4v) is 1.19. The van der Waals surface area contributed by atoms with Gasteiger partial charge in [-0.2, -0.15) is 0 Å². The minimum Gasteiger partial charge on any atom is -0.508 e. The lowest BCUT2D eigenvalue weighted by Gasteiger charge is -2.13. The Morgan fingerprint density at radius 1 is 1.47 bits per heavy atom. The standard InChI is InChI=1S/C11H15NO3/c1-8(12-7-11(14)15-2)9-3-5-10(13)6-4-9/h3-6,8,12-13H,7H2,1-2H3. The molecule has 1 aromatic rings. The highest BCUT2D eigenvalue weighted by Gasteiger charge is 2.07. The van der Waals surface area contributed by atoms with E-state index in [0.717, 1.165) is 5.56 Å². The summed E-state index contributed by atoms with van der Waals surface area (Å²) in [5, 5.41) is 12.1.